The molecule has 0 radical (unpaired) electrons. The van der Waals surface area contributed by atoms with Crippen LogP contribution >= 0.6 is 0 Å². The molecule has 11 heteroatoms. The van der Waals surface area contributed by atoms with Gasteiger partial charge in [0.25, 0.3) is 5.91 Å². The average Bonchev–Trinajstić information content (AvgIpc) is 3.59. The van der Waals surface area contributed by atoms with Crippen molar-refractivity contribution in [1.82, 2.24) is 4.90 Å². The zero-order chi connectivity index (χ0) is 37.9. The fraction of sp³-hybridized carbons (Fsp3) is 0.372. The molecule has 280 valence electrons. The van der Waals surface area contributed by atoms with E-state index < -0.39 is 31.5 Å². The first-order valence-electron chi connectivity index (χ1n) is 18.8. The first-order valence-corrected chi connectivity index (χ1v) is 21.8. The van der Waals surface area contributed by atoms with Gasteiger partial charge in [0.1, 0.15) is 5.75 Å². The van der Waals surface area contributed by atoms with E-state index in [1.807, 2.05) is 105 Å². The summed E-state index contributed by atoms with van der Waals surface area (Å²) < 4.78 is 12.6. The van der Waals surface area contributed by atoms with Crippen LogP contribution in [0, 0.1) is 5.92 Å². The van der Waals surface area contributed by atoms with Gasteiger partial charge >= 0.3 is 0 Å². The van der Waals surface area contributed by atoms with Crippen LogP contribution in [0.5, 0.6) is 5.75 Å². The quantitative estimate of drug-likeness (QED) is 0.213. The molecule has 0 unspecified atom stereocenters. The van der Waals surface area contributed by atoms with Gasteiger partial charge in [-0.2, -0.15) is 0 Å². The maximum atomic E-state index is 15.0. The van der Waals surface area contributed by atoms with Gasteiger partial charge < -0.3 is 29.2 Å². The monoisotopic (exact) mass is 745 g/mol. The van der Waals surface area contributed by atoms with Crippen LogP contribution in [-0.4, -0.2) is 66.7 Å². The van der Waals surface area contributed by atoms with Gasteiger partial charge in [-0.15, -0.1) is 0 Å². The van der Waals surface area contributed by atoms with Crippen molar-refractivity contribution < 1.29 is 33.8 Å². The number of aryl methyl sites for hydroxylation is 1. The molecule has 4 aromatic rings. The summed E-state index contributed by atoms with van der Waals surface area (Å²) in [6.45, 7) is 6.11. The number of benzene rings is 4. The Morgan fingerprint density at radius 2 is 1.63 bits per heavy atom. The smallest absolute Gasteiger partial charge is 0.264 e. The molecule has 0 saturated carbocycles. The molecule has 4 aromatic carbocycles. The van der Waals surface area contributed by atoms with E-state index in [9.17, 15) is 19.5 Å². The first-order chi connectivity index (χ1) is 25.9. The van der Waals surface area contributed by atoms with E-state index in [0.29, 0.717) is 36.4 Å². The lowest BCUT2D eigenvalue weighted by Gasteiger charge is -2.37. The maximum Gasteiger partial charge on any atom is 0.264 e. The highest BCUT2D eigenvalue weighted by atomic mass is 28.4. The van der Waals surface area contributed by atoms with E-state index in [4.69, 9.17) is 9.47 Å². The van der Waals surface area contributed by atoms with Crippen LogP contribution in [0.3, 0.4) is 0 Å². The number of carbonyl (C=O) groups is 3. The van der Waals surface area contributed by atoms with Gasteiger partial charge in [0.15, 0.2) is 13.9 Å². The highest BCUT2D eigenvalue weighted by molar-refractivity contribution is 6.71. The van der Waals surface area contributed by atoms with Crippen molar-refractivity contribution in [2.75, 3.05) is 23.5 Å². The fourth-order valence-electron chi connectivity index (χ4n) is 9.52. The SMILES string of the molecule is COc1ccc2c(c1)[C@@]1(O[C@H](CC(=O)N3Cc4ccccc4C[C@H]3CO)[C@@H]([Si](C)(C)O)[C@@H]1C)C(=O)N2Cc1ccc(N2C(=O)CCc3ccccc32)cc1. The second kappa shape index (κ2) is 13.8. The Morgan fingerprint density at radius 3 is 2.33 bits per heavy atom. The molecule has 8 rings (SSSR count). The largest absolute Gasteiger partial charge is 0.497 e. The topological polar surface area (TPSA) is 120 Å². The molecule has 0 bridgehead atoms. The van der Waals surface area contributed by atoms with Crippen molar-refractivity contribution in [3.63, 3.8) is 0 Å². The van der Waals surface area contributed by atoms with Crippen LogP contribution < -0.4 is 14.5 Å². The molecule has 4 aliphatic rings. The summed E-state index contributed by atoms with van der Waals surface area (Å²) in [7, 11) is -1.46. The minimum atomic E-state index is -3.05. The Bertz CT molecular complexity index is 2120. The van der Waals surface area contributed by atoms with Crippen molar-refractivity contribution in [2.24, 2.45) is 5.92 Å². The van der Waals surface area contributed by atoms with E-state index in [2.05, 4.69) is 6.07 Å². The molecule has 1 spiro atoms. The summed E-state index contributed by atoms with van der Waals surface area (Å²) >= 11 is 0. The number of methoxy groups -OCH3 is 1. The van der Waals surface area contributed by atoms with Crippen molar-refractivity contribution in [2.45, 2.75) is 82.1 Å². The summed E-state index contributed by atoms with van der Waals surface area (Å²) in [6.07, 6.45) is 0.949. The van der Waals surface area contributed by atoms with Gasteiger partial charge in [0.2, 0.25) is 11.8 Å². The lowest BCUT2D eigenvalue weighted by atomic mass is 9.82. The van der Waals surface area contributed by atoms with Crippen LogP contribution in [0.25, 0.3) is 0 Å². The number of aliphatic hydroxyl groups is 1. The summed E-state index contributed by atoms with van der Waals surface area (Å²) in [5.41, 5.74) is 5.27. The van der Waals surface area contributed by atoms with Crippen LogP contribution in [0.15, 0.2) is 91.0 Å². The predicted octanol–water partition coefficient (Wildman–Crippen LogP) is 5.99. The lowest BCUT2D eigenvalue weighted by molar-refractivity contribution is -0.151. The Morgan fingerprint density at radius 1 is 0.926 bits per heavy atom. The number of para-hydroxylation sites is 1. The summed E-state index contributed by atoms with van der Waals surface area (Å²) in [6, 6.07) is 28.8. The Kier molecular flexibility index (Phi) is 9.24. The number of hydrogen-bond donors (Lipinski definition) is 2. The van der Waals surface area contributed by atoms with E-state index in [1.165, 1.54) is 0 Å². The standard InChI is InChI=1S/C43H47N3O7Si/c1-27-41(54(3,4)51)38(23-40(49)44-25-31-11-6-5-10-30(31)21-33(44)26-47)53-43(27)35-22-34(52-2)18-19-37(35)45(42(43)50)24-28-13-16-32(17-14-28)46-36-12-8-7-9-29(36)15-20-39(46)48/h5-14,16-19,22,27,33,38,41,47,51H,15,20-21,23-26H2,1-4H3/t27-,33-,38+,41-,43+/m0/s1. The zero-order valence-corrected chi connectivity index (χ0v) is 32.2. The second-order valence-electron chi connectivity index (χ2n) is 15.7. The summed E-state index contributed by atoms with van der Waals surface area (Å²) in [4.78, 5) is 59.4. The van der Waals surface area contributed by atoms with Crippen LogP contribution in [0.4, 0.5) is 17.1 Å². The van der Waals surface area contributed by atoms with Gasteiger partial charge in [-0.25, -0.2) is 0 Å². The van der Waals surface area contributed by atoms with Gasteiger partial charge in [-0.05, 0) is 84.6 Å². The number of hydrogen-bond acceptors (Lipinski definition) is 7. The van der Waals surface area contributed by atoms with Gasteiger partial charge in [-0.3, -0.25) is 19.3 Å². The number of nitrogens with zero attached hydrogens (tertiary/aromatic N) is 3. The van der Waals surface area contributed by atoms with Gasteiger partial charge in [0, 0.05) is 35.7 Å². The molecule has 5 atom stereocenters. The summed E-state index contributed by atoms with van der Waals surface area (Å²) in [5.74, 6) is -0.273. The normalized spacial score (nSPS) is 24.8. The lowest BCUT2D eigenvalue weighted by Crippen LogP contribution is -2.48. The van der Waals surface area contributed by atoms with Crippen LogP contribution in [0.1, 0.15) is 47.6 Å². The maximum absolute atomic E-state index is 15.0. The van der Waals surface area contributed by atoms with Crippen molar-refractivity contribution in [1.29, 1.82) is 0 Å². The molecule has 1 saturated heterocycles. The van der Waals surface area contributed by atoms with E-state index in [0.717, 1.165) is 40.0 Å². The highest BCUT2D eigenvalue weighted by Crippen LogP contribution is 2.60. The zero-order valence-electron chi connectivity index (χ0n) is 31.2. The molecule has 1 fully saturated rings. The first kappa shape index (κ1) is 36.2. The van der Waals surface area contributed by atoms with Gasteiger partial charge in [-0.1, -0.05) is 61.5 Å². The molecule has 0 aliphatic carbocycles. The van der Waals surface area contributed by atoms with Crippen LogP contribution in [0.2, 0.25) is 18.6 Å². The van der Waals surface area contributed by atoms with Crippen molar-refractivity contribution in [3.05, 3.63) is 119 Å². The third-order valence-electron chi connectivity index (χ3n) is 12.1. The molecule has 2 N–H and O–H groups in total. The fourth-order valence-corrected chi connectivity index (χ4v) is 12.1. The minimum absolute atomic E-state index is 0.0290. The number of ether oxygens (including phenoxy) is 2. The highest BCUT2D eigenvalue weighted by Gasteiger charge is 2.66. The van der Waals surface area contributed by atoms with Crippen LogP contribution in [-0.2, 0) is 50.7 Å². The number of carbonyl (C=O) groups excluding carboxylic acids is 3. The molecular formula is C43H47N3O7Si. The Labute approximate surface area is 317 Å². The Hall–Kier alpha value is -4.81. The van der Waals surface area contributed by atoms with Crippen molar-refractivity contribution in [3.8, 4) is 5.75 Å². The number of anilines is 3. The molecular weight excluding hydrogens is 699 g/mol. The molecule has 0 aromatic heterocycles. The third kappa shape index (κ3) is 5.94. The van der Waals surface area contributed by atoms with E-state index >= 15 is 4.79 Å². The Balaban J connectivity index is 1.10. The second-order valence-corrected chi connectivity index (χ2v) is 19.7. The molecule has 4 heterocycles. The van der Waals surface area contributed by atoms with E-state index in [1.54, 1.807) is 21.8 Å². The molecule has 10 nitrogen and oxygen atoms in total. The number of aliphatic hydroxyl groups excluding tert-OH is 1. The van der Waals surface area contributed by atoms with Gasteiger partial charge in [0.05, 0.1) is 50.2 Å². The minimum Gasteiger partial charge on any atom is -0.497 e. The molecule has 4 aliphatic heterocycles. The van der Waals surface area contributed by atoms with Crippen molar-refractivity contribution >= 4 is 43.1 Å². The summed E-state index contributed by atoms with van der Waals surface area (Å²) in [5, 5.41) is 10.3. The number of amides is 3. The third-order valence-corrected chi connectivity index (χ3v) is 14.6. The average molecular weight is 746 g/mol. The number of rotatable bonds is 8. The number of fused-ring (bicyclic) bond motifs is 4. The molecule has 54 heavy (non-hydrogen) atoms. The predicted molar refractivity (Wildman–Crippen MR) is 208 cm³/mol. The van der Waals surface area contributed by atoms with E-state index in [-0.39, 0.29) is 43.3 Å². The molecule has 3 amide bonds.